The van der Waals surface area contributed by atoms with Gasteiger partial charge < -0.3 is 11.1 Å². The number of halogens is 1. The molecule has 0 radical (unpaired) electrons. The van der Waals surface area contributed by atoms with Gasteiger partial charge in [-0.3, -0.25) is 19.0 Å². The molecular formula is C21H21ClN4O3S. The van der Waals surface area contributed by atoms with Crippen molar-refractivity contribution >= 4 is 51.8 Å². The van der Waals surface area contributed by atoms with Crippen molar-refractivity contribution < 1.29 is 9.59 Å². The summed E-state index contributed by atoms with van der Waals surface area (Å²) in [5, 5.41) is 4.15. The normalized spacial score (nSPS) is 11.1. The standard InChI is InChI=1S/C21H21ClN4O3S/c1-12(2)10-26-20(29)16-9-14(22)5-8-17(16)25-21(26)30-11-18(27)24-15-6-3-13(4-7-15)19(23)28/h3-9,12H,10-11H2,1-2H3,(H2,23,28)(H,24,27). The molecule has 7 nitrogen and oxygen atoms in total. The third-order valence-electron chi connectivity index (χ3n) is 4.21. The molecule has 3 rings (SSSR count). The van der Waals surface area contributed by atoms with Gasteiger partial charge in [0.1, 0.15) is 0 Å². The first-order valence-electron chi connectivity index (χ1n) is 9.27. The van der Waals surface area contributed by atoms with E-state index in [9.17, 15) is 14.4 Å². The molecule has 9 heteroatoms. The van der Waals surface area contributed by atoms with Crippen molar-refractivity contribution in [3.8, 4) is 0 Å². The van der Waals surface area contributed by atoms with Gasteiger partial charge in [-0.15, -0.1) is 0 Å². The number of fused-ring (bicyclic) bond motifs is 1. The van der Waals surface area contributed by atoms with Gasteiger partial charge in [0.25, 0.3) is 5.56 Å². The molecule has 0 bridgehead atoms. The second-order valence-corrected chi connectivity index (χ2v) is 8.52. The highest BCUT2D eigenvalue weighted by molar-refractivity contribution is 7.99. The van der Waals surface area contributed by atoms with Crippen LogP contribution >= 0.6 is 23.4 Å². The molecule has 0 aliphatic carbocycles. The molecule has 0 spiro atoms. The van der Waals surface area contributed by atoms with E-state index in [1.165, 1.54) is 11.8 Å². The highest BCUT2D eigenvalue weighted by atomic mass is 35.5. The summed E-state index contributed by atoms with van der Waals surface area (Å²) in [6.45, 7) is 4.49. The number of primary amides is 1. The monoisotopic (exact) mass is 444 g/mol. The fourth-order valence-electron chi connectivity index (χ4n) is 2.85. The molecule has 0 aliphatic heterocycles. The maximum absolute atomic E-state index is 13.0. The summed E-state index contributed by atoms with van der Waals surface area (Å²) in [5.41, 5.74) is 6.48. The van der Waals surface area contributed by atoms with Crippen molar-refractivity contribution in [3.63, 3.8) is 0 Å². The summed E-state index contributed by atoms with van der Waals surface area (Å²) >= 11 is 7.23. The lowest BCUT2D eigenvalue weighted by molar-refractivity contribution is -0.113. The SMILES string of the molecule is CC(C)Cn1c(SCC(=O)Nc2ccc(C(N)=O)cc2)nc2ccc(Cl)cc2c1=O. The Hall–Kier alpha value is -2.84. The molecule has 1 aromatic heterocycles. The number of nitrogens with two attached hydrogens (primary N) is 1. The Morgan fingerprint density at radius 1 is 1.20 bits per heavy atom. The second kappa shape index (κ2) is 9.32. The number of benzene rings is 2. The van der Waals surface area contributed by atoms with Crippen LogP contribution in [0.4, 0.5) is 5.69 Å². The molecule has 0 aliphatic rings. The summed E-state index contributed by atoms with van der Waals surface area (Å²) in [6, 6.07) is 11.3. The van der Waals surface area contributed by atoms with Crippen LogP contribution in [-0.4, -0.2) is 27.1 Å². The van der Waals surface area contributed by atoms with E-state index < -0.39 is 5.91 Å². The maximum atomic E-state index is 13.0. The van der Waals surface area contributed by atoms with Gasteiger partial charge in [-0.05, 0) is 48.4 Å². The number of hydrogen-bond acceptors (Lipinski definition) is 5. The lowest BCUT2D eigenvalue weighted by atomic mass is 10.2. The zero-order chi connectivity index (χ0) is 21.8. The van der Waals surface area contributed by atoms with Gasteiger partial charge in [0.05, 0.1) is 16.7 Å². The van der Waals surface area contributed by atoms with Crippen LogP contribution in [0.5, 0.6) is 0 Å². The molecule has 30 heavy (non-hydrogen) atoms. The molecular weight excluding hydrogens is 424 g/mol. The number of aromatic nitrogens is 2. The minimum Gasteiger partial charge on any atom is -0.366 e. The predicted molar refractivity (Wildman–Crippen MR) is 120 cm³/mol. The molecule has 2 aromatic carbocycles. The van der Waals surface area contributed by atoms with Crippen molar-refractivity contribution in [3.05, 3.63) is 63.4 Å². The molecule has 0 unspecified atom stereocenters. The number of anilines is 1. The first kappa shape index (κ1) is 21.9. The van der Waals surface area contributed by atoms with Crippen LogP contribution in [-0.2, 0) is 11.3 Å². The highest BCUT2D eigenvalue weighted by Gasteiger charge is 2.15. The molecule has 3 aromatic rings. The number of nitrogens with zero attached hydrogens (tertiary/aromatic N) is 2. The van der Waals surface area contributed by atoms with Gasteiger partial charge in [-0.25, -0.2) is 4.98 Å². The van der Waals surface area contributed by atoms with Gasteiger partial charge in [-0.1, -0.05) is 37.2 Å². The topological polar surface area (TPSA) is 107 Å². The Morgan fingerprint density at radius 3 is 2.53 bits per heavy atom. The Kier molecular flexibility index (Phi) is 6.79. The Balaban J connectivity index is 1.80. The number of hydrogen-bond donors (Lipinski definition) is 2. The van der Waals surface area contributed by atoms with E-state index in [1.54, 1.807) is 47.0 Å². The number of thioether (sulfide) groups is 1. The zero-order valence-corrected chi connectivity index (χ0v) is 18.1. The molecule has 0 atom stereocenters. The minimum atomic E-state index is -0.532. The third-order valence-corrected chi connectivity index (χ3v) is 5.43. The smallest absolute Gasteiger partial charge is 0.262 e. The largest absolute Gasteiger partial charge is 0.366 e. The lowest BCUT2D eigenvalue weighted by Crippen LogP contribution is -2.26. The van der Waals surface area contributed by atoms with Gasteiger partial charge in [0, 0.05) is 22.8 Å². The van der Waals surface area contributed by atoms with Gasteiger partial charge in [0.2, 0.25) is 11.8 Å². The van der Waals surface area contributed by atoms with Crippen LogP contribution in [0.25, 0.3) is 10.9 Å². The molecule has 3 N–H and O–H groups in total. The zero-order valence-electron chi connectivity index (χ0n) is 16.5. The lowest BCUT2D eigenvalue weighted by Gasteiger charge is -2.15. The van der Waals surface area contributed by atoms with Crippen molar-refractivity contribution in [1.29, 1.82) is 0 Å². The Labute approximate surface area is 182 Å². The van der Waals surface area contributed by atoms with Crippen molar-refractivity contribution in [2.45, 2.75) is 25.5 Å². The van der Waals surface area contributed by atoms with Crippen LogP contribution in [0.15, 0.2) is 52.4 Å². The summed E-state index contributed by atoms with van der Waals surface area (Å²) in [5.74, 6) is -0.497. The fraction of sp³-hybridized carbons (Fsp3) is 0.238. The fourth-order valence-corrected chi connectivity index (χ4v) is 3.83. The van der Waals surface area contributed by atoms with Crippen LogP contribution in [0.3, 0.4) is 0 Å². The first-order valence-corrected chi connectivity index (χ1v) is 10.6. The van der Waals surface area contributed by atoms with Crippen LogP contribution in [0.2, 0.25) is 5.02 Å². The van der Waals surface area contributed by atoms with E-state index in [1.807, 2.05) is 13.8 Å². The summed E-state index contributed by atoms with van der Waals surface area (Å²) in [4.78, 5) is 41.1. The Morgan fingerprint density at radius 2 is 1.90 bits per heavy atom. The van der Waals surface area contributed by atoms with E-state index in [-0.39, 0.29) is 23.1 Å². The predicted octanol–water partition coefficient (Wildman–Crippen LogP) is 3.54. The van der Waals surface area contributed by atoms with E-state index in [4.69, 9.17) is 17.3 Å². The number of rotatable bonds is 7. The van der Waals surface area contributed by atoms with Gasteiger partial charge in [-0.2, -0.15) is 0 Å². The summed E-state index contributed by atoms with van der Waals surface area (Å²) < 4.78 is 1.59. The van der Waals surface area contributed by atoms with Crippen LogP contribution < -0.4 is 16.6 Å². The van der Waals surface area contributed by atoms with E-state index in [0.717, 1.165) is 0 Å². The van der Waals surface area contributed by atoms with E-state index in [0.29, 0.717) is 38.9 Å². The Bertz CT molecular complexity index is 1160. The molecule has 2 amide bonds. The average molecular weight is 445 g/mol. The average Bonchev–Trinajstić information content (AvgIpc) is 2.69. The molecule has 156 valence electrons. The number of carbonyl (C=O) groups is 2. The van der Waals surface area contributed by atoms with Crippen molar-refractivity contribution in [2.24, 2.45) is 11.7 Å². The summed E-state index contributed by atoms with van der Waals surface area (Å²) in [6.07, 6.45) is 0. The number of nitrogens with one attached hydrogen (secondary N) is 1. The second-order valence-electron chi connectivity index (χ2n) is 7.14. The number of carbonyl (C=O) groups excluding carboxylic acids is 2. The highest BCUT2D eigenvalue weighted by Crippen LogP contribution is 2.21. The molecule has 1 heterocycles. The van der Waals surface area contributed by atoms with Crippen molar-refractivity contribution in [1.82, 2.24) is 9.55 Å². The van der Waals surface area contributed by atoms with E-state index >= 15 is 0 Å². The van der Waals surface area contributed by atoms with Gasteiger partial charge in [0.15, 0.2) is 5.16 Å². The molecule has 0 saturated carbocycles. The first-order chi connectivity index (χ1) is 14.2. The molecule has 0 saturated heterocycles. The van der Waals surface area contributed by atoms with Crippen molar-refractivity contribution in [2.75, 3.05) is 11.1 Å². The van der Waals surface area contributed by atoms with Crippen LogP contribution in [0, 0.1) is 5.92 Å². The van der Waals surface area contributed by atoms with Crippen LogP contribution in [0.1, 0.15) is 24.2 Å². The summed E-state index contributed by atoms with van der Waals surface area (Å²) in [7, 11) is 0. The minimum absolute atomic E-state index is 0.0706. The maximum Gasteiger partial charge on any atom is 0.262 e. The molecule has 0 fully saturated rings. The number of amides is 2. The third kappa shape index (κ3) is 5.20. The van der Waals surface area contributed by atoms with Gasteiger partial charge >= 0.3 is 0 Å². The van der Waals surface area contributed by atoms with E-state index in [2.05, 4.69) is 10.3 Å². The quantitative estimate of drug-likeness (QED) is 0.428.